The first-order chi connectivity index (χ1) is 4.74. The third kappa shape index (κ3) is 1.37. The van der Waals surface area contributed by atoms with E-state index in [-0.39, 0.29) is 0 Å². The van der Waals surface area contributed by atoms with Crippen molar-refractivity contribution in [1.82, 2.24) is 9.78 Å². The van der Waals surface area contributed by atoms with Crippen LogP contribution in [0.3, 0.4) is 0 Å². The van der Waals surface area contributed by atoms with Gasteiger partial charge in [-0.2, -0.15) is 5.10 Å². The molecule has 0 saturated heterocycles. The van der Waals surface area contributed by atoms with E-state index in [4.69, 9.17) is 10.0 Å². The Kier molecular flexibility index (Phi) is 2.08. The van der Waals surface area contributed by atoms with Crippen molar-refractivity contribution in [2.24, 2.45) is 0 Å². The SMILES string of the molecule is CCn1cc(B(O)[OH2+])cn1. The second-order valence-corrected chi connectivity index (χ2v) is 2.03. The Balaban J connectivity index is 2.78. The molecule has 0 bridgehead atoms. The molecule has 0 radical (unpaired) electrons. The fraction of sp³-hybridized carbons (Fsp3) is 0.400. The monoisotopic (exact) mass is 141 g/mol. The molecule has 5 heteroatoms. The molecule has 4 nitrogen and oxygen atoms in total. The van der Waals surface area contributed by atoms with Crippen molar-refractivity contribution in [2.45, 2.75) is 13.5 Å². The molecule has 0 spiro atoms. The lowest BCUT2D eigenvalue weighted by molar-refractivity contribution is 0.425. The summed E-state index contributed by atoms with van der Waals surface area (Å²) in [6.45, 7) is 2.72. The molecule has 0 aliphatic heterocycles. The summed E-state index contributed by atoms with van der Waals surface area (Å²) in [6.07, 6.45) is 3.17. The van der Waals surface area contributed by atoms with Crippen LogP contribution in [0.1, 0.15) is 6.92 Å². The summed E-state index contributed by atoms with van der Waals surface area (Å²) >= 11 is 0. The van der Waals surface area contributed by atoms with E-state index in [2.05, 4.69) is 5.10 Å². The first kappa shape index (κ1) is 7.30. The molecule has 0 unspecified atom stereocenters. The first-order valence-electron chi connectivity index (χ1n) is 3.15. The van der Waals surface area contributed by atoms with Gasteiger partial charge in [-0.3, -0.25) is 4.68 Å². The smallest absolute Gasteiger partial charge is 0.522 e. The first-order valence-corrected chi connectivity index (χ1v) is 3.15. The maximum absolute atomic E-state index is 8.75. The van der Waals surface area contributed by atoms with Gasteiger partial charge in [-0.05, 0) is 6.92 Å². The third-order valence-electron chi connectivity index (χ3n) is 1.29. The highest BCUT2D eigenvalue weighted by atomic mass is 16.4. The summed E-state index contributed by atoms with van der Waals surface area (Å²) in [5.41, 5.74) is 0.543. The van der Waals surface area contributed by atoms with E-state index in [0.29, 0.717) is 5.46 Å². The number of hydrogen-bond acceptors (Lipinski definition) is 2. The van der Waals surface area contributed by atoms with E-state index < -0.39 is 7.12 Å². The Bertz CT molecular complexity index is 211. The highest BCUT2D eigenvalue weighted by molar-refractivity contribution is 6.58. The van der Waals surface area contributed by atoms with Crippen LogP contribution in [0.5, 0.6) is 0 Å². The number of rotatable bonds is 2. The fourth-order valence-corrected chi connectivity index (χ4v) is 0.694. The van der Waals surface area contributed by atoms with E-state index in [1.807, 2.05) is 6.92 Å². The van der Waals surface area contributed by atoms with Gasteiger partial charge in [0.05, 0.1) is 11.7 Å². The predicted octanol–water partition coefficient (Wildman–Crippen LogP) is -1.68. The van der Waals surface area contributed by atoms with E-state index in [1.165, 1.54) is 6.20 Å². The fourth-order valence-electron chi connectivity index (χ4n) is 0.694. The van der Waals surface area contributed by atoms with E-state index in [0.717, 1.165) is 6.54 Å². The van der Waals surface area contributed by atoms with Crippen molar-refractivity contribution in [2.75, 3.05) is 0 Å². The molecule has 0 saturated carbocycles. The van der Waals surface area contributed by atoms with Crippen LogP contribution in [-0.2, 0) is 6.54 Å². The van der Waals surface area contributed by atoms with Gasteiger partial charge in [-0.1, -0.05) is 0 Å². The van der Waals surface area contributed by atoms with E-state index >= 15 is 0 Å². The average Bonchev–Trinajstić information content (AvgIpc) is 2.34. The second-order valence-electron chi connectivity index (χ2n) is 2.03. The Morgan fingerprint density at radius 2 is 2.60 bits per heavy atom. The van der Waals surface area contributed by atoms with E-state index in [1.54, 1.807) is 10.9 Å². The quantitative estimate of drug-likeness (QED) is 0.394. The van der Waals surface area contributed by atoms with Crippen LogP contribution < -0.4 is 5.46 Å². The molecular formula is C5H10BN2O2+. The van der Waals surface area contributed by atoms with E-state index in [9.17, 15) is 0 Å². The Morgan fingerprint density at radius 3 is 2.90 bits per heavy atom. The molecule has 0 aliphatic rings. The number of aryl methyl sites for hydroxylation is 1. The van der Waals surface area contributed by atoms with Gasteiger partial charge in [0.15, 0.2) is 0 Å². The lowest BCUT2D eigenvalue weighted by Crippen LogP contribution is -2.28. The van der Waals surface area contributed by atoms with Crippen LogP contribution in [0, 0.1) is 0 Å². The van der Waals surface area contributed by atoms with Gasteiger partial charge in [0, 0.05) is 12.7 Å². The molecule has 0 aliphatic carbocycles. The van der Waals surface area contributed by atoms with Gasteiger partial charge in [-0.15, -0.1) is 0 Å². The topological polar surface area (TPSA) is 61.0 Å². The summed E-state index contributed by atoms with van der Waals surface area (Å²) in [5.74, 6) is 0. The Labute approximate surface area is 59.2 Å². The minimum Gasteiger partial charge on any atom is -0.522 e. The molecular weight excluding hydrogens is 131 g/mol. The maximum atomic E-state index is 8.75. The minimum atomic E-state index is -1.15. The van der Waals surface area contributed by atoms with Gasteiger partial charge in [-0.25, -0.2) is 0 Å². The zero-order valence-corrected chi connectivity index (χ0v) is 5.78. The molecule has 0 amide bonds. The van der Waals surface area contributed by atoms with Crippen LogP contribution in [0.4, 0.5) is 0 Å². The number of nitrogens with zero attached hydrogens (tertiary/aromatic N) is 2. The van der Waals surface area contributed by atoms with Crippen molar-refractivity contribution < 1.29 is 10.0 Å². The molecule has 54 valence electrons. The summed E-state index contributed by atoms with van der Waals surface area (Å²) < 4.78 is 1.67. The van der Waals surface area contributed by atoms with Gasteiger partial charge in [0.2, 0.25) is 0 Å². The molecule has 0 atom stereocenters. The zero-order valence-electron chi connectivity index (χ0n) is 5.78. The molecule has 1 rings (SSSR count). The van der Waals surface area contributed by atoms with Crippen molar-refractivity contribution in [3.05, 3.63) is 12.4 Å². The van der Waals surface area contributed by atoms with Crippen molar-refractivity contribution in [3.63, 3.8) is 0 Å². The zero-order chi connectivity index (χ0) is 7.56. The molecule has 0 fully saturated rings. The van der Waals surface area contributed by atoms with Gasteiger partial charge < -0.3 is 10.0 Å². The van der Waals surface area contributed by atoms with Gasteiger partial charge in [0.25, 0.3) is 0 Å². The highest BCUT2D eigenvalue weighted by Crippen LogP contribution is 1.81. The normalized spacial score (nSPS) is 9.90. The van der Waals surface area contributed by atoms with Crippen LogP contribution in [0.2, 0.25) is 0 Å². The number of hydrogen-bond donors (Lipinski definition) is 1. The molecule has 10 heavy (non-hydrogen) atoms. The Hall–Kier alpha value is -0.805. The maximum Gasteiger partial charge on any atom is 0.731 e. The van der Waals surface area contributed by atoms with Crippen LogP contribution in [0.25, 0.3) is 0 Å². The third-order valence-corrected chi connectivity index (χ3v) is 1.29. The van der Waals surface area contributed by atoms with Crippen LogP contribution in [-0.4, -0.2) is 26.9 Å². The van der Waals surface area contributed by atoms with Gasteiger partial charge in [0.1, 0.15) is 0 Å². The molecule has 1 aromatic heterocycles. The summed E-state index contributed by atoms with van der Waals surface area (Å²) in [7, 11) is -1.15. The van der Waals surface area contributed by atoms with Crippen molar-refractivity contribution >= 4 is 12.6 Å². The molecule has 1 heterocycles. The Morgan fingerprint density at radius 1 is 1.90 bits per heavy atom. The van der Waals surface area contributed by atoms with Crippen molar-refractivity contribution in [3.8, 4) is 0 Å². The second kappa shape index (κ2) is 2.85. The lowest BCUT2D eigenvalue weighted by atomic mass is 9.83. The van der Waals surface area contributed by atoms with Crippen molar-refractivity contribution in [1.29, 1.82) is 0 Å². The largest absolute Gasteiger partial charge is 0.731 e. The summed E-state index contributed by atoms with van der Waals surface area (Å²) in [6, 6.07) is 0. The lowest BCUT2D eigenvalue weighted by Gasteiger charge is -1.89. The van der Waals surface area contributed by atoms with Gasteiger partial charge >= 0.3 is 7.12 Å². The molecule has 0 aromatic carbocycles. The van der Waals surface area contributed by atoms with Crippen LogP contribution in [0.15, 0.2) is 12.4 Å². The van der Waals surface area contributed by atoms with Crippen LogP contribution >= 0.6 is 0 Å². The minimum absolute atomic E-state index is 0.543. The summed E-state index contributed by atoms with van der Waals surface area (Å²) in [4.78, 5) is 0. The molecule has 1 aromatic rings. The number of aromatic nitrogens is 2. The summed E-state index contributed by atoms with van der Waals surface area (Å²) in [5, 5.41) is 19.5. The highest BCUT2D eigenvalue weighted by Gasteiger charge is 2.23. The predicted molar refractivity (Wildman–Crippen MR) is 39.1 cm³/mol. The standard InChI is InChI=1S/C5H9BN2O2/c1-2-8-4-5(3-7-8)6(9)10/h3-4,9-10H,2H2,1H3/p+1. The average molecular weight is 141 g/mol. The molecule has 3 N–H and O–H groups in total.